The van der Waals surface area contributed by atoms with Gasteiger partial charge in [0.1, 0.15) is 0 Å². The minimum Gasteiger partial charge on any atom is -0.362 e. The van der Waals surface area contributed by atoms with Gasteiger partial charge in [0.25, 0.3) is 0 Å². The first-order chi connectivity index (χ1) is 5.94. The Morgan fingerprint density at radius 2 is 2.00 bits per heavy atom. The van der Waals surface area contributed by atoms with Crippen molar-refractivity contribution < 1.29 is 0 Å². The summed E-state index contributed by atoms with van der Waals surface area (Å²) in [5.74, 6) is 0. The second-order valence-corrected chi connectivity index (χ2v) is 5.14. The van der Waals surface area contributed by atoms with Crippen LogP contribution in [0.1, 0.15) is 30.8 Å². The number of H-pyrrole nitrogens is 1. The zero-order valence-electron chi connectivity index (χ0n) is 8.87. The second kappa shape index (κ2) is 3.87. The zero-order chi connectivity index (χ0) is 10.1. The molecule has 0 radical (unpaired) electrons. The van der Waals surface area contributed by atoms with E-state index < -0.39 is 0 Å². The first kappa shape index (κ1) is 10.8. The van der Waals surface area contributed by atoms with Crippen LogP contribution in [0.3, 0.4) is 0 Å². The molecule has 1 heterocycles. The second-order valence-electron chi connectivity index (χ2n) is 4.58. The van der Waals surface area contributed by atoms with Gasteiger partial charge in [0, 0.05) is 16.7 Å². The van der Waals surface area contributed by atoms with Crippen molar-refractivity contribution in [3.63, 3.8) is 0 Å². The normalized spacial score (nSPS) is 12.1. The van der Waals surface area contributed by atoms with Crippen molar-refractivity contribution in [1.29, 1.82) is 0 Å². The highest BCUT2D eigenvalue weighted by Gasteiger charge is 2.18. The predicted octanol–water partition coefficient (Wildman–Crippen LogP) is 3.60. The molecule has 1 N–H and O–H groups in total. The van der Waals surface area contributed by atoms with Crippen molar-refractivity contribution in [2.45, 2.75) is 34.1 Å². The molecule has 0 unspecified atom stereocenters. The topological polar surface area (TPSA) is 15.8 Å². The van der Waals surface area contributed by atoms with Crippen molar-refractivity contribution in [2.24, 2.45) is 5.41 Å². The van der Waals surface area contributed by atoms with Crippen LogP contribution in [0.25, 0.3) is 0 Å². The summed E-state index contributed by atoms with van der Waals surface area (Å²) in [6.07, 6.45) is 1.13. The molecule has 0 atom stereocenters. The Balaban J connectivity index is 2.79. The monoisotopic (exact) mass is 243 g/mol. The standard InChI is InChI=1S/C11H18BrN/c1-8-5-10(9(2)13-8)6-11(3,4)7-12/h5,13H,6-7H2,1-4H3. The first-order valence-corrected chi connectivity index (χ1v) is 5.78. The Morgan fingerprint density at radius 1 is 1.38 bits per heavy atom. The molecule has 0 aliphatic heterocycles. The molecule has 0 bridgehead atoms. The van der Waals surface area contributed by atoms with Gasteiger partial charge in [0.15, 0.2) is 0 Å². The molecule has 74 valence electrons. The van der Waals surface area contributed by atoms with E-state index in [2.05, 4.69) is 54.7 Å². The van der Waals surface area contributed by atoms with Crippen LogP contribution in [0, 0.1) is 19.3 Å². The third-order valence-corrected chi connectivity index (χ3v) is 3.81. The van der Waals surface area contributed by atoms with Crippen LogP contribution in [0.15, 0.2) is 6.07 Å². The van der Waals surface area contributed by atoms with Crippen LogP contribution in [-0.4, -0.2) is 10.3 Å². The summed E-state index contributed by atoms with van der Waals surface area (Å²) < 4.78 is 0. The average molecular weight is 244 g/mol. The minimum absolute atomic E-state index is 0.347. The van der Waals surface area contributed by atoms with Gasteiger partial charge in [-0.3, -0.25) is 0 Å². The smallest absolute Gasteiger partial charge is 0.0150 e. The van der Waals surface area contributed by atoms with E-state index in [0.717, 1.165) is 11.8 Å². The molecule has 1 aromatic heterocycles. The van der Waals surface area contributed by atoms with Gasteiger partial charge in [-0.15, -0.1) is 0 Å². The van der Waals surface area contributed by atoms with Crippen molar-refractivity contribution in [1.82, 2.24) is 4.98 Å². The fourth-order valence-electron chi connectivity index (χ4n) is 1.53. The number of alkyl halides is 1. The lowest BCUT2D eigenvalue weighted by molar-refractivity contribution is 0.424. The molecule has 0 aliphatic carbocycles. The van der Waals surface area contributed by atoms with E-state index >= 15 is 0 Å². The summed E-state index contributed by atoms with van der Waals surface area (Å²) in [4.78, 5) is 3.34. The molecule has 0 spiro atoms. The van der Waals surface area contributed by atoms with Crippen molar-refractivity contribution >= 4 is 15.9 Å². The van der Waals surface area contributed by atoms with Crippen LogP contribution in [-0.2, 0) is 6.42 Å². The summed E-state index contributed by atoms with van der Waals surface area (Å²) >= 11 is 3.55. The summed E-state index contributed by atoms with van der Waals surface area (Å²) in [6.45, 7) is 8.82. The SMILES string of the molecule is Cc1cc(CC(C)(C)CBr)c(C)[nH]1. The average Bonchev–Trinajstić information content (AvgIpc) is 2.30. The lowest BCUT2D eigenvalue weighted by atomic mass is 9.88. The fourth-order valence-corrected chi connectivity index (χ4v) is 1.73. The van der Waals surface area contributed by atoms with Gasteiger partial charge < -0.3 is 4.98 Å². The zero-order valence-corrected chi connectivity index (χ0v) is 10.5. The molecule has 0 aromatic carbocycles. The number of halogens is 1. The number of hydrogen-bond donors (Lipinski definition) is 1. The molecule has 2 heteroatoms. The quantitative estimate of drug-likeness (QED) is 0.782. The molecular weight excluding hydrogens is 226 g/mol. The molecule has 1 nitrogen and oxygen atoms in total. The Kier molecular flexibility index (Phi) is 3.23. The summed E-state index contributed by atoms with van der Waals surface area (Å²) in [7, 11) is 0. The summed E-state index contributed by atoms with van der Waals surface area (Å²) in [6, 6.07) is 2.25. The van der Waals surface area contributed by atoms with E-state index in [1.165, 1.54) is 17.0 Å². The molecule has 0 aliphatic rings. The van der Waals surface area contributed by atoms with Crippen LogP contribution in [0.4, 0.5) is 0 Å². The van der Waals surface area contributed by atoms with Crippen molar-refractivity contribution in [2.75, 3.05) is 5.33 Å². The Labute approximate surface area is 89.1 Å². The first-order valence-electron chi connectivity index (χ1n) is 4.66. The number of rotatable bonds is 3. The fraction of sp³-hybridized carbons (Fsp3) is 0.636. The maximum absolute atomic E-state index is 3.55. The summed E-state index contributed by atoms with van der Waals surface area (Å²) in [5, 5.41) is 1.05. The van der Waals surface area contributed by atoms with Crippen LogP contribution in [0.2, 0.25) is 0 Å². The lowest BCUT2D eigenvalue weighted by Gasteiger charge is -2.21. The maximum Gasteiger partial charge on any atom is 0.0150 e. The van der Waals surface area contributed by atoms with Crippen LogP contribution < -0.4 is 0 Å². The molecule has 0 saturated heterocycles. The molecule has 0 saturated carbocycles. The number of hydrogen-bond acceptors (Lipinski definition) is 0. The number of aromatic nitrogens is 1. The Morgan fingerprint density at radius 3 is 2.38 bits per heavy atom. The van der Waals surface area contributed by atoms with E-state index in [0.29, 0.717) is 5.41 Å². The lowest BCUT2D eigenvalue weighted by Crippen LogP contribution is -2.16. The Hall–Kier alpha value is -0.240. The molecule has 0 fully saturated rings. The number of aryl methyl sites for hydroxylation is 2. The highest BCUT2D eigenvalue weighted by molar-refractivity contribution is 9.09. The van der Waals surface area contributed by atoms with E-state index in [-0.39, 0.29) is 0 Å². The third-order valence-electron chi connectivity index (χ3n) is 2.29. The molecule has 1 rings (SSSR count). The maximum atomic E-state index is 3.55. The van der Waals surface area contributed by atoms with Gasteiger partial charge >= 0.3 is 0 Å². The van der Waals surface area contributed by atoms with Crippen molar-refractivity contribution in [3.8, 4) is 0 Å². The van der Waals surface area contributed by atoms with E-state index in [1.54, 1.807) is 0 Å². The highest BCUT2D eigenvalue weighted by Crippen LogP contribution is 2.25. The van der Waals surface area contributed by atoms with E-state index in [9.17, 15) is 0 Å². The van der Waals surface area contributed by atoms with Crippen LogP contribution >= 0.6 is 15.9 Å². The highest BCUT2D eigenvalue weighted by atomic mass is 79.9. The Bertz CT molecular complexity index is 286. The molecular formula is C11H18BrN. The predicted molar refractivity (Wildman–Crippen MR) is 61.5 cm³/mol. The summed E-state index contributed by atoms with van der Waals surface area (Å²) in [5.41, 5.74) is 4.37. The van der Waals surface area contributed by atoms with Gasteiger partial charge in [-0.05, 0) is 37.3 Å². The van der Waals surface area contributed by atoms with Gasteiger partial charge in [-0.1, -0.05) is 29.8 Å². The molecule has 0 amide bonds. The van der Waals surface area contributed by atoms with Crippen LogP contribution in [0.5, 0.6) is 0 Å². The third kappa shape index (κ3) is 2.87. The van der Waals surface area contributed by atoms with Gasteiger partial charge in [0.2, 0.25) is 0 Å². The molecule has 1 aromatic rings. The van der Waals surface area contributed by atoms with Gasteiger partial charge in [-0.25, -0.2) is 0 Å². The molecule has 13 heavy (non-hydrogen) atoms. The van der Waals surface area contributed by atoms with E-state index in [1.807, 2.05) is 0 Å². The number of aromatic amines is 1. The van der Waals surface area contributed by atoms with Crippen molar-refractivity contribution in [3.05, 3.63) is 23.0 Å². The van der Waals surface area contributed by atoms with Gasteiger partial charge in [-0.2, -0.15) is 0 Å². The number of nitrogens with one attached hydrogen (secondary N) is 1. The van der Waals surface area contributed by atoms with E-state index in [4.69, 9.17) is 0 Å². The largest absolute Gasteiger partial charge is 0.362 e. The minimum atomic E-state index is 0.347. The van der Waals surface area contributed by atoms with Gasteiger partial charge in [0.05, 0.1) is 0 Å².